The topological polar surface area (TPSA) is 4.93 Å². The molecule has 0 unspecified atom stereocenters. The van der Waals surface area contributed by atoms with Crippen molar-refractivity contribution in [1.82, 2.24) is 4.57 Å². The summed E-state index contributed by atoms with van der Waals surface area (Å²) >= 11 is 0. The largest absolute Gasteiger partial charge is 0.316 e. The van der Waals surface area contributed by atoms with Crippen molar-refractivity contribution in [3.8, 4) is 27.9 Å². The van der Waals surface area contributed by atoms with E-state index in [0.717, 1.165) is 0 Å². The first-order valence-electron chi connectivity index (χ1n) is 9.22. The van der Waals surface area contributed by atoms with Gasteiger partial charge in [-0.3, -0.25) is 0 Å². The summed E-state index contributed by atoms with van der Waals surface area (Å²) in [6.07, 6.45) is 2.16. The fraction of sp³-hybridized carbons (Fsp3) is 0. The van der Waals surface area contributed by atoms with Gasteiger partial charge in [0.05, 0.1) is 11.2 Å². The fourth-order valence-corrected chi connectivity index (χ4v) is 3.79. The van der Waals surface area contributed by atoms with Gasteiger partial charge in [0.2, 0.25) is 0 Å². The van der Waals surface area contributed by atoms with Crippen LogP contribution in [0.25, 0.3) is 38.8 Å². The van der Waals surface area contributed by atoms with Gasteiger partial charge in [-0.05, 0) is 40.3 Å². The highest BCUT2D eigenvalue weighted by molar-refractivity contribution is 5.89. The average Bonchev–Trinajstić information content (AvgIpc) is 3.18. The van der Waals surface area contributed by atoms with Crippen molar-refractivity contribution in [3.05, 3.63) is 115 Å². The van der Waals surface area contributed by atoms with E-state index < -0.39 is 0 Å². The van der Waals surface area contributed by atoms with Crippen LogP contribution in [0.15, 0.2) is 115 Å². The number of aromatic nitrogens is 1. The lowest BCUT2D eigenvalue weighted by Crippen LogP contribution is -1.96. The van der Waals surface area contributed by atoms with Crippen LogP contribution >= 0.6 is 0 Å². The molecule has 128 valence electrons. The molecule has 27 heavy (non-hydrogen) atoms. The Morgan fingerprint density at radius 2 is 1.07 bits per heavy atom. The van der Waals surface area contributed by atoms with Gasteiger partial charge in [0.25, 0.3) is 0 Å². The summed E-state index contributed by atoms with van der Waals surface area (Å²) in [5, 5.41) is 1.25. The molecule has 0 amide bonds. The number of benzene rings is 4. The van der Waals surface area contributed by atoms with Gasteiger partial charge in [-0.2, -0.15) is 0 Å². The normalized spacial score (nSPS) is 11.0. The van der Waals surface area contributed by atoms with Crippen LogP contribution in [0.3, 0.4) is 0 Å². The Bertz CT molecular complexity index is 1220. The van der Waals surface area contributed by atoms with Crippen molar-refractivity contribution in [2.75, 3.05) is 0 Å². The molecule has 0 aliphatic rings. The quantitative estimate of drug-likeness (QED) is 0.333. The molecule has 1 heterocycles. The maximum Gasteiger partial charge on any atom is 0.0534 e. The predicted octanol–water partition coefficient (Wildman–Crippen LogP) is 6.96. The molecule has 4 aromatic carbocycles. The molecule has 0 fully saturated rings. The molecule has 5 rings (SSSR count). The van der Waals surface area contributed by atoms with Crippen molar-refractivity contribution < 1.29 is 0 Å². The van der Waals surface area contributed by atoms with Gasteiger partial charge in [0.1, 0.15) is 0 Å². The molecule has 0 spiro atoms. The Labute approximate surface area is 159 Å². The minimum Gasteiger partial charge on any atom is -0.316 e. The summed E-state index contributed by atoms with van der Waals surface area (Å²) in [7, 11) is 0. The Morgan fingerprint density at radius 3 is 1.93 bits per heavy atom. The van der Waals surface area contributed by atoms with Crippen LogP contribution < -0.4 is 0 Å². The second kappa shape index (κ2) is 6.62. The zero-order valence-corrected chi connectivity index (χ0v) is 14.9. The van der Waals surface area contributed by atoms with E-state index in [9.17, 15) is 0 Å². The minimum absolute atomic E-state index is 1.20. The van der Waals surface area contributed by atoms with Crippen LogP contribution in [0, 0.1) is 0 Å². The molecule has 5 aromatic rings. The molecule has 0 atom stereocenters. The molecular formula is C26H19N. The molecule has 1 nitrogen and oxygen atoms in total. The van der Waals surface area contributed by atoms with Crippen LogP contribution in [-0.4, -0.2) is 4.57 Å². The highest BCUT2D eigenvalue weighted by atomic mass is 15.0. The van der Waals surface area contributed by atoms with Crippen LogP contribution in [0.2, 0.25) is 0 Å². The van der Waals surface area contributed by atoms with Crippen molar-refractivity contribution in [2.45, 2.75) is 0 Å². The lowest BCUT2D eigenvalue weighted by Gasteiger charge is -2.16. The first kappa shape index (κ1) is 15.7. The zero-order chi connectivity index (χ0) is 18.1. The lowest BCUT2D eigenvalue weighted by molar-refractivity contribution is 1.13. The number of para-hydroxylation sites is 2. The molecule has 1 aromatic heterocycles. The molecule has 0 saturated carbocycles. The number of hydrogen-bond donors (Lipinski definition) is 0. The highest BCUT2D eigenvalue weighted by Crippen LogP contribution is 2.36. The van der Waals surface area contributed by atoms with E-state index in [1.807, 2.05) is 0 Å². The van der Waals surface area contributed by atoms with Crippen molar-refractivity contribution in [3.63, 3.8) is 0 Å². The third-order valence-corrected chi connectivity index (χ3v) is 5.07. The summed E-state index contributed by atoms with van der Waals surface area (Å²) in [4.78, 5) is 0. The summed E-state index contributed by atoms with van der Waals surface area (Å²) in [5.74, 6) is 0. The van der Waals surface area contributed by atoms with Gasteiger partial charge >= 0.3 is 0 Å². The van der Waals surface area contributed by atoms with Gasteiger partial charge < -0.3 is 4.57 Å². The third kappa shape index (κ3) is 2.74. The first-order valence-corrected chi connectivity index (χ1v) is 9.22. The first-order chi connectivity index (χ1) is 13.4. The molecular weight excluding hydrogens is 326 g/mol. The maximum absolute atomic E-state index is 2.28. The Morgan fingerprint density at radius 1 is 0.444 bits per heavy atom. The van der Waals surface area contributed by atoms with Gasteiger partial charge in [-0.15, -0.1) is 0 Å². The molecule has 0 aliphatic heterocycles. The average molecular weight is 345 g/mol. The number of nitrogens with zero attached hydrogens (tertiary/aromatic N) is 1. The van der Waals surface area contributed by atoms with Gasteiger partial charge in [0.15, 0.2) is 0 Å². The van der Waals surface area contributed by atoms with E-state index in [4.69, 9.17) is 0 Å². The van der Waals surface area contributed by atoms with E-state index in [2.05, 4.69) is 120 Å². The number of fused-ring (bicyclic) bond motifs is 1. The third-order valence-electron chi connectivity index (χ3n) is 5.07. The Kier molecular flexibility index (Phi) is 3.84. The predicted molar refractivity (Wildman–Crippen MR) is 114 cm³/mol. The van der Waals surface area contributed by atoms with Crippen LogP contribution in [-0.2, 0) is 0 Å². The van der Waals surface area contributed by atoms with E-state index in [-0.39, 0.29) is 0 Å². The van der Waals surface area contributed by atoms with E-state index in [0.29, 0.717) is 0 Å². The van der Waals surface area contributed by atoms with Gasteiger partial charge in [-0.25, -0.2) is 0 Å². The molecule has 0 radical (unpaired) electrons. The fourth-order valence-electron chi connectivity index (χ4n) is 3.79. The van der Waals surface area contributed by atoms with Crippen LogP contribution in [0.1, 0.15) is 0 Å². The van der Waals surface area contributed by atoms with Crippen LogP contribution in [0.5, 0.6) is 0 Å². The smallest absolute Gasteiger partial charge is 0.0534 e. The van der Waals surface area contributed by atoms with Crippen molar-refractivity contribution >= 4 is 10.9 Å². The second-order valence-electron chi connectivity index (χ2n) is 6.67. The summed E-state index contributed by atoms with van der Waals surface area (Å²) in [6.45, 7) is 0. The molecule has 0 N–H and O–H groups in total. The highest BCUT2D eigenvalue weighted by Gasteiger charge is 2.12. The molecule has 0 aliphatic carbocycles. The van der Waals surface area contributed by atoms with Gasteiger partial charge in [-0.1, -0.05) is 91.0 Å². The Balaban J connectivity index is 1.76. The molecule has 1 heteroatoms. The van der Waals surface area contributed by atoms with E-state index in [1.165, 1.54) is 38.8 Å². The summed E-state index contributed by atoms with van der Waals surface area (Å²) < 4.78 is 2.28. The van der Waals surface area contributed by atoms with Crippen LogP contribution in [0.4, 0.5) is 0 Å². The van der Waals surface area contributed by atoms with E-state index >= 15 is 0 Å². The SMILES string of the molecule is c1ccc(-c2ccccc2-c2ccccc2-n2ccc3ccccc32)cc1. The molecule has 0 saturated heterocycles. The number of hydrogen-bond acceptors (Lipinski definition) is 0. The zero-order valence-electron chi connectivity index (χ0n) is 14.9. The van der Waals surface area contributed by atoms with E-state index in [1.54, 1.807) is 0 Å². The van der Waals surface area contributed by atoms with Crippen molar-refractivity contribution in [2.24, 2.45) is 0 Å². The standard InChI is InChI=1S/C26H19N/c1-2-10-20(11-3-1)22-13-5-6-14-23(22)24-15-7-9-17-26(24)27-19-18-21-12-4-8-16-25(21)27/h1-19H. The van der Waals surface area contributed by atoms with Gasteiger partial charge in [0, 0.05) is 11.8 Å². The number of rotatable bonds is 3. The monoisotopic (exact) mass is 345 g/mol. The lowest BCUT2D eigenvalue weighted by atomic mass is 9.93. The maximum atomic E-state index is 2.28. The summed E-state index contributed by atoms with van der Waals surface area (Å²) in [6, 6.07) is 38.6. The minimum atomic E-state index is 1.20. The Hall–Kier alpha value is -3.58. The molecule has 0 bridgehead atoms. The summed E-state index contributed by atoms with van der Waals surface area (Å²) in [5.41, 5.74) is 7.39. The second-order valence-corrected chi connectivity index (χ2v) is 6.67. The van der Waals surface area contributed by atoms with Crippen molar-refractivity contribution in [1.29, 1.82) is 0 Å².